The Bertz CT molecular complexity index is 991. The highest BCUT2D eigenvalue weighted by atomic mass is 16.1. The third kappa shape index (κ3) is 4.66. The molecule has 1 aliphatic rings. The van der Waals surface area contributed by atoms with Crippen molar-refractivity contribution in [3.63, 3.8) is 0 Å². The Kier molecular flexibility index (Phi) is 6.06. The zero-order chi connectivity index (χ0) is 21.0. The van der Waals surface area contributed by atoms with Gasteiger partial charge in [-0.05, 0) is 42.4 Å². The van der Waals surface area contributed by atoms with Gasteiger partial charge in [0.15, 0.2) is 5.65 Å². The second kappa shape index (κ2) is 8.90. The SMILES string of the molecule is CC(C)Cn1c(CC2(CC(=O)NCc3ccncn3)CCCC2)nc2cccnc21. The number of carbonyl (C=O) groups excluding carboxylic acids is 1. The summed E-state index contributed by atoms with van der Waals surface area (Å²) in [6.07, 6.45) is 10.8. The number of nitrogens with one attached hydrogen (secondary N) is 1. The molecular weight excluding hydrogens is 376 g/mol. The van der Waals surface area contributed by atoms with E-state index in [1.807, 2.05) is 24.4 Å². The Balaban J connectivity index is 1.52. The molecule has 0 spiro atoms. The van der Waals surface area contributed by atoms with Crippen LogP contribution >= 0.6 is 0 Å². The fourth-order valence-corrected chi connectivity index (χ4v) is 4.59. The largest absolute Gasteiger partial charge is 0.350 e. The summed E-state index contributed by atoms with van der Waals surface area (Å²) in [5.74, 6) is 1.64. The van der Waals surface area contributed by atoms with E-state index in [2.05, 4.69) is 38.7 Å². The van der Waals surface area contributed by atoms with Crippen LogP contribution in [0.2, 0.25) is 0 Å². The van der Waals surface area contributed by atoms with Crippen molar-refractivity contribution >= 4 is 17.1 Å². The molecule has 30 heavy (non-hydrogen) atoms. The molecule has 0 saturated heterocycles. The highest BCUT2D eigenvalue weighted by molar-refractivity contribution is 5.77. The standard InChI is InChI=1S/C23H30N6O/c1-17(2)15-29-20(28-19-6-5-10-25-22(19)29)12-23(8-3-4-9-23)13-21(30)26-14-18-7-11-24-16-27-18/h5-7,10-11,16-17H,3-4,8-9,12-15H2,1-2H3,(H,26,30). The lowest BCUT2D eigenvalue weighted by Gasteiger charge is -2.28. The summed E-state index contributed by atoms with van der Waals surface area (Å²) in [5, 5.41) is 3.04. The number of rotatable bonds is 8. The fourth-order valence-electron chi connectivity index (χ4n) is 4.59. The zero-order valence-electron chi connectivity index (χ0n) is 17.8. The van der Waals surface area contributed by atoms with Crippen molar-refractivity contribution in [1.82, 2.24) is 29.8 Å². The van der Waals surface area contributed by atoms with E-state index in [1.165, 1.54) is 19.2 Å². The molecule has 1 amide bonds. The minimum atomic E-state index is -0.0359. The minimum absolute atomic E-state index is 0.0359. The lowest BCUT2D eigenvalue weighted by molar-refractivity contribution is -0.123. The summed E-state index contributed by atoms with van der Waals surface area (Å²) in [7, 11) is 0. The Morgan fingerprint density at radius 2 is 2.03 bits per heavy atom. The van der Waals surface area contributed by atoms with Gasteiger partial charge in [-0.2, -0.15) is 0 Å². The molecule has 0 atom stereocenters. The van der Waals surface area contributed by atoms with Crippen LogP contribution in [-0.2, 0) is 24.3 Å². The van der Waals surface area contributed by atoms with Gasteiger partial charge in [-0.1, -0.05) is 26.7 Å². The van der Waals surface area contributed by atoms with Gasteiger partial charge in [-0.25, -0.2) is 19.9 Å². The highest BCUT2D eigenvalue weighted by Gasteiger charge is 2.37. The third-order valence-corrected chi connectivity index (χ3v) is 5.97. The van der Waals surface area contributed by atoms with E-state index < -0.39 is 0 Å². The Morgan fingerprint density at radius 3 is 2.77 bits per heavy atom. The Hall–Kier alpha value is -2.83. The molecule has 0 radical (unpaired) electrons. The van der Waals surface area contributed by atoms with Crippen molar-refractivity contribution in [2.45, 2.75) is 65.5 Å². The van der Waals surface area contributed by atoms with Crippen LogP contribution in [0.3, 0.4) is 0 Å². The van der Waals surface area contributed by atoms with E-state index in [9.17, 15) is 4.79 Å². The van der Waals surface area contributed by atoms with Crippen LogP contribution in [-0.4, -0.2) is 30.4 Å². The van der Waals surface area contributed by atoms with E-state index in [0.717, 1.165) is 48.5 Å². The van der Waals surface area contributed by atoms with Crippen LogP contribution in [0.4, 0.5) is 0 Å². The monoisotopic (exact) mass is 406 g/mol. The molecule has 3 heterocycles. The average molecular weight is 407 g/mol. The molecule has 0 aromatic carbocycles. The van der Waals surface area contributed by atoms with E-state index in [4.69, 9.17) is 4.98 Å². The van der Waals surface area contributed by atoms with Gasteiger partial charge in [0.25, 0.3) is 0 Å². The van der Waals surface area contributed by atoms with Gasteiger partial charge in [0.1, 0.15) is 17.7 Å². The van der Waals surface area contributed by atoms with Gasteiger partial charge in [-0.3, -0.25) is 4.79 Å². The normalized spacial score (nSPS) is 15.7. The predicted molar refractivity (Wildman–Crippen MR) is 115 cm³/mol. The molecule has 1 saturated carbocycles. The van der Waals surface area contributed by atoms with Gasteiger partial charge in [0.05, 0.1) is 12.2 Å². The quantitative estimate of drug-likeness (QED) is 0.617. The van der Waals surface area contributed by atoms with Crippen LogP contribution in [0.1, 0.15) is 57.5 Å². The van der Waals surface area contributed by atoms with E-state index in [1.54, 1.807) is 6.20 Å². The van der Waals surface area contributed by atoms with Crippen molar-refractivity contribution in [3.8, 4) is 0 Å². The van der Waals surface area contributed by atoms with Crippen LogP contribution in [0.5, 0.6) is 0 Å². The van der Waals surface area contributed by atoms with Crippen LogP contribution in [0.15, 0.2) is 36.9 Å². The zero-order valence-corrected chi connectivity index (χ0v) is 17.8. The molecule has 1 fully saturated rings. The number of nitrogens with zero attached hydrogens (tertiary/aromatic N) is 5. The molecule has 158 valence electrons. The van der Waals surface area contributed by atoms with Crippen molar-refractivity contribution in [3.05, 3.63) is 48.4 Å². The molecule has 1 N–H and O–H groups in total. The summed E-state index contributed by atoms with van der Waals surface area (Å²) in [4.78, 5) is 30.4. The lowest BCUT2D eigenvalue weighted by atomic mass is 9.79. The van der Waals surface area contributed by atoms with Crippen molar-refractivity contribution in [2.24, 2.45) is 11.3 Å². The average Bonchev–Trinajstić information content (AvgIpc) is 3.32. The molecule has 0 bridgehead atoms. The van der Waals surface area contributed by atoms with Crippen molar-refractivity contribution in [1.29, 1.82) is 0 Å². The fraction of sp³-hybridized carbons (Fsp3) is 0.522. The lowest BCUT2D eigenvalue weighted by Crippen LogP contribution is -2.32. The molecule has 7 heteroatoms. The number of hydrogen-bond acceptors (Lipinski definition) is 5. The molecule has 3 aromatic heterocycles. The maximum Gasteiger partial charge on any atom is 0.220 e. The van der Waals surface area contributed by atoms with Gasteiger partial charge < -0.3 is 9.88 Å². The Labute approximate surface area is 177 Å². The number of fused-ring (bicyclic) bond motifs is 1. The number of pyridine rings is 1. The van der Waals surface area contributed by atoms with Crippen molar-refractivity contribution in [2.75, 3.05) is 0 Å². The van der Waals surface area contributed by atoms with Gasteiger partial charge in [0, 0.05) is 31.8 Å². The maximum absolute atomic E-state index is 12.8. The number of hydrogen-bond donors (Lipinski definition) is 1. The number of amides is 1. The smallest absolute Gasteiger partial charge is 0.220 e. The minimum Gasteiger partial charge on any atom is -0.350 e. The first-order valence-corrected chi connectivity index (χ1v) is 10.9. The second-order valence-corrected chi connectivity index (χ2v) is 8.92. The molecule has 1 aliphatic carbocycles. The molecular formula is C23H30N6O. The van der Waals surface area contributed by atoms with Crippen LogP contribution in [0.25, 0.3) is 11.2 Å². The molecule has 4 rings (SSSR count). The Morgan fingerprint density at radius 1 is 1.20 bits per heavy atom. The molecule has 0 unspecified atom stereocenters. The van der Waals surface area contributed by atoms with Gasteiger partial charge >= 0.3 is 0 Å². The summed E-state index contributed by atoms with van der Waals surface area (Å²) in [6.45, 7) is 5.75. The summed E-state index contributed by atoms with van der Waals surface area (Å²) in [6, 6.07) is 5.79. The summed E-state index contributed by atoms with van der Waals surface area (Å²) >= 11 is 0. The van der Waals surface area contributed by atoms with Gasteiger partial charge in [0.2, 0.25) is 5.91 Å². The van der Waals surface area contributed by atoms with E-state index in [0.29, 0.717) is 18.9 Å². The first kappa shape index (κ1) is 20.4. The van der Waals surface area contributed by atoms with Gasteiger partial charge in [-0.15, -0.1) is 0 Å². The summed E-state index contributed by atoms with van der Waals surface area (Å²) < 4.78 is 2.26. The van der Waals surface area contributed by atoms with Crippen LogP contribution in [0, 0.1) is 11.3 Å². The van der Waals surface area contributed by atoms with E-state index >= 15 is 0 Å². The first-order valence-electron chi connectivity index (χ1n) is 10.9. The molecule has 0 aliphatic heterocycles. The number of carbonyl (C=O) groups is 1. The van der Waals surface area contributed by atoms with Crippen molar-refractivity contribution < 1.29 is 4.79 Å². The molecule has 7 nitrogen and oxygen atoms in total. The molecule has 3 aromatic rings. The highest BCUT2D eigenvalue weighted by Crippen LogP contribution is 2.44. The topological polar surface area (TPSA) is 85.6 Å². The van der Waals surface area contributed by atoms with E-state index in [-0.39, 0.29) is 11.3 Å². The predicted octanol–water partition coefficient (Wildman–Crippen LogP) is 3.69. The second-order valence-electron chi connectivity index (χ2n) is 8.92. The number of imidazole rings is 1. The third-order valence-electron chi connectivity index (χ3n) is 5.97. The first-order chi connectivity index (χ1) is 14.5. The summed E-state index contributed by atoms with van der Waals surface area (Å²) in [5.41, 5.74) is 2.67. The van der Waals surface area contributed by atoms with Crippen LogP contribution < -0.4 is 5.32 Å². The number of aromatic nitrogens is 5. The maximum atomic E-state index is 12.8.